The highest BCUT2D eigenvalue weighted by Gasteiger charge is 2.29. The highest BCUT2D eigenvalue weighted by atomic mass is 32.2. The van der Waals surface area contributed by atoms with Gasteiger partial charge in [-0.15, -0.1) is 10.2 Å². The van der Waals surface area contributed by atoms with Crippen LogP contribution in [0, 0.1) is 0 Å². The van der Waals surface area contributed by atoms with Gasteiger partial charge in [-0.1, -0.05) is 55.1 Å². The van der Waals surface area contributed by atoms with E-state index in [1.54, 1.807) is 0 Å². The van der Waals surface area contributed by atoms with E-state index in [0.717, 1.165) is 47.1 Å². The lowest BCUT2D eigenvalue weighted by Crippen LogP contribution is -2.41. The lowest BCUT2D eigenvalue weighted by atomic mass is 10.0. The number of benzene rings is 2. The molecule has 1 atom stereocenters. The number of anilines is 1. The van der Waals surface area contributed by atoms with Crippen LogP contribution in [0.3, 0.4) is 0 Å². The molecule has 3 heterocycles. The molecule has 0 unspecified atom stereocenters. The number of carbonyl (C=O) groups excluding carboxylic acids is 1. The van der Waals surface area contributed by atoms with Crippen LogP contribution in [-0.2, 0) is 18.3 Å². The zero-order valence-corrected chi connectivity index (χ0v) is 17.9. The summed E-state index contributed by atoms with van der Waals surface area (Å²) in [7, 11) is 1.99. The normalized spacial score (nSPS) is 14.8. The molecule has 1 aliphatic heterocycles. The van der Waals surface area contributed by atoms with Crippen LogP contribution in [0.25, 0.3) is 22.1 Å². The van der Waals surface area contributed by atoms with Gasteiger partial charge in [0.1, 0.15) is 5.52 Å². The van der Waals surface area contributed by atoms with Crippen molar-refractivity contribution in [3.8, 4) is 0 Å². The van der Waals surface area contributed by atoms with Crippen LogP contribution in [0.15, 0.2) is 53.7 Å². The van der Waals surface area contributed by atoms with Gasteiger partial charge in [-0.2, -0.15) is 0 Å². The second-order valence-electron chi connectivity index (χ2n) is 7.58. The van der Waals surface area contributed by atoms with E-state index in [-0.39, 0.29) is 11.2 Å². The van der Waals surface area contributed by atoms with Crippen molar-refractivity contribution in [2.75, 3.05) is 11.4 Å². The Hall–Kier alpha value is -2.93. The number of amides is 1. The molecule has 0 saturated carbocycles. The number of aromatic nitrogens is 4. The standard InChI is InChI=1S/C23H23N5OS/c1-3-19(22(29)28-14-8-10-15-9-4-6-12-17(15)28)30-23-24-21-20(25-26-23)16-11-5-7-13-18(16)27(21)2/h4-7,9,11-13,19H,3,8,10,14H2,1-2H3/t19-/m1/s1. The van der Waals surface area contributed by atoms with Gasteiger partial charge in [0.15, 0.2) is 5.65 Å². The van der Waals surface area contributed by atoms with Crippen molar-refractivity contribution in [2.45, 2.75) is 36.6 Å². The minimum absolute atomic E-state index is 0.121. The summed E-state index contributed by atoms with van der Waals surface area (Å²) >= 11 is 1.41. The Morgan fingerprint density at radius 1 is 1.13 bits per heavy atom. The average Bonchev–Trinajstić information content (AvgIpc) is 3.08. The van der Waals surface area contributed by atoms with Gasteiger partial charge in [0.25, 0.3) is 0 Å². The number of fused-ring (bicyclic) bond motifs is 4. The third kappa shape index (κ3) is 3.13. The molecular formula is C23H23N5OS. The SMILES string of the molecule is CC[C@@H](Sc1nnc2c3ccccc3n(C)c2n1)C(=O)N1CCCc2ccccc21. The molecule has 0 saturated heterocycles. The quantitative estimate of drug-likeness (QED) is 0.462. The summed E-state index contributed by atoms with van der Waals surface area (Å²) in [5.74, 6) is 0.121. The summed E-state index contributed by atoms with van der Waals surface area (Å²) in [6.07, 6.45) is 2.72. The molecule has 2 aromatic heterocycles. The number of nitrogens with zero attached hydrogens (tertiary/aromatic N) is 5. The topological polar surface area (TPSA) is 63.9 Å². The van der Waals surface area contributed by atoms with Gasteiger partial charge < -0.3 is 9.47 Å². The Morgan fingerprint density at radius 2 is 1.93 bits per heavy atom. The van der Waals surface area contributed by atoms with Crippen LogP contribution in [-0.4, -0.2) is 37.5 Å². The van der Waals surface area contributed by atoms with E-state index in [1.807, 2.05) is 59.8 Å². The minimum atomic E-state index is -0.245. The monoisotopic (exact) mass is 417 g/mol. The maximum absolute atomic E-state index is 13.4. The number of thioether (sulfide) groups is 1. The van der Waals surface area contributed by atoms with E-state index < -0.39 is 0 Å². The maximum atomic E-state index is 13.4. The summed E-state index contributed by atoms with van der Waals surface area (Å²) < 4.78 is 2.03. The third-order valence-corrected chi connectivity index (χ3v) is 6.96. The second kappa shape index (κ2) is 7.72. The van der Waals surface area contributed by atoms with Crippen LogP contribution in [0.4, 0.5) is 5.69 Å². The third-order valence-electron chi connectivity index (χ3n) is 5.76. The molecular weight excluding hydrogens is 394 g/mol. The Bertz CT molecular complexity index is 1250. The lowest BCUT2D eigenvalue weighted by Gasteiger charge is -2.31. The molecule has 152 valence electrons. The predicted octanol–water partition coefficient (Wildman–Crippen LogP) is 4.37. The van der Waals surface area contributed by atoms with Gasteiger partial charge >= 0.3 is 0 Å². The fourth-order valence-corrected chi connectivity index (χ4v) is 5.09. The lowest BCUT2D eigenvalue weighted by molar-refractivity contribution is -0.118. The molecule has 0 spiro atoms. The van der Waals surface area contributed by atoms with Gasteiger partial charge in [-0.25, -0.2) is 4.98 Å². The maximum Gasteiger partial charge on any atom is 0.240 e. The van der Waals surface area contributed by atoms with E-state index in [0.29, 0.717) is 11.6 Å². The molecule has 30 heavy (non-hydrogen) atoms. The fourth-order valence-electron chi connectivity index (χ4n) is 4.21. The molecule has 4 aromatic rings. The van der Waals surface area contributed by atoms with Crippen LogP contribution in [0.2, 0.25) is 0 Å². The molecule has 0 aliphatic carbocycles. The fraction of sp³-hybridized carbons (Fsp3) is 0.304. The highest BCUT2D eigenvalue weighted by Crippen LogP contribution is 2.32. The number of rotatable bonds is 4. The van der Waals surface area contributed by atoms with Crippen molar-refractivity contribution in [1.82, 2.24) is 19.7 Å². The molecule has 0 fully saturated rings. The van der Waals surface area contributed by atoms with Crippen LogP contribution in [0.1, 0.15) is 25.3 Å². The van der Waals surface area contributed by atoms with Crippen molar-refractivity contribution < 1.29 is 4.79 Å². The molecule has 5 rings (SSSR count). The number of para-hydroxylation sites is 2. The molecule has 7 heteroatoms. The van der Waals surface area contributed by atoms with E-state index >= 15 is 0 Å². The smallest absolute Gasteiger partial charge is 0.240 e. The molecule has 1 amide bonds. The first-order chi connectivity index (χ1) is 14.7. The van der Waals surface area contributed by atoms with Crippen molar-refractivity contribution in [2.24, 2.45) is 7.05 Å². The summed E-state index contributed by atoms with van der Waals surface area (Å²) in [6, 6.07) is 16.3. The Morgan fingerprint density at radius 3 is 2.80 bits per heavy atom. The highest BCUT2D eigenvalue weighted by molar-refractivity contribution is 8.00. The Kier molecular flexibility index (Phi) is 4.90. The summed E-state index contributed by atoms with van der Waals surface area (Å²) in [5, 5.41) is 10.1. The summed E-state index contributed by atoms with van der Waals surface area (Å²) in [4.78, 5) is 20.1. The van der Waals surface area contributed by atoms with Crippen molar-refractivity contribution in [1.29, 1.82) is 0 Å². The van der Waals surface area contributed by atoms with Gasteiger partial charge in [0.2, 0.25) is 11.1 Å². The average molecular weight is 418 g/mol. The Balaban J connectivity index is 1.45. The van der Waals surface area contributed by atoms with Gasteiger partial charge in [-0.3, -0.25) is 4.79 Å². The zero-order chi connectivity index (χ0) is 20.7. The van der Waals surface area contributed by atoms with Gasteiger partial charge in [0.05, 0.1) is 10.8 Å². The zero-order valence-electron chi connectivity index (χ0n) is 17.1. The van der Waals surface area contributed by atoms with Crippen molar-refractivity contribution in [3.05, 3.63) is 54.1 Å². The molecule has 0 N–H and O–H groups in total. The number of hydrogen-bond donors (Lipinski definition) is 0. The molecule has 6 nitrogen and oxygen atoms in total. The summed E-state index contributed by atoms with van der Waals surface area (Å²) in [6.45, 7) is 2.79. The van der Waals surface area contributed by atoms with Gasteiger partial charge in [0, 0.05) is 24.7 Å². The summed E-state index contributed by atoms with van der Waals surface area (Å²) in [5.41, 5.74) is 4.94. The minimum Gasteiger partial charge on any atom is -0.327 e. The largest absolute Gasteiger partial charge is 0.327 e. The van der Waals surface area contributed by atoms with Crippen LogP contribution in [0.5, 0.6) is 0 Å². The molecule has 0 bridgehead atoms. The second-order valence-corrected chi connectivity index (χ2v) is 8.75. The Labute approximate surface area is 179 Å². The first kappa shape index (κ1) is 19.1. The van der Waals surface area contributed by atoms with E-state index in [1.165, 1.54) is 17.3 Å². The number of hydrogen-bond acceptors (Lipinski definition) is 5. The first-order valence-corrected chi connectivity index (χ1v) is 11.2. The first-order valence-electron chi connectivity index (χ1n) is 10.3. The van der Waals surface area contributed by atoms with Crippen molar-refractivity contribution in [3.63, 3.8) is 0 Å². The van der Waals surface area contributed by atoms with E-state index in [2.05, 4.69) is 22.3 Å². The predicted molar refractivity (Wildman–Crippen MR) is 121 cm³/mol. The van der Waals surface area contributed by atoms with Gasteiger partial charge in [-0.05, 0) is 37.0 Å². The molecule has 2 aromatic carbocycles. The van der Waals surface area contributed by atoms with E-state index in [4.69, 9.17) is 4.98 Å². The van der Waals surface area contributed by atoms with Crippen LogP contribution >= 0.6 is 11.8 Å². The van der Waals surface area contributed by atoms with Crippen LogP contribution < -0.4 is 4.90 Å². The molecule has 0 radical (unpaired) electrons. The van der Waals surface area contributed by atoms with E-state index in [9.17, 15) is 4.79 Å². The van der Waals surface area contributed by atoms with Crippen molar-refractivity contribution >= 4 is 45.4 Å². The number of carbonyl (C=O) groups is 1. The molecule has 1 aliphatic rings. The number of aryl methyl sites for hydroxylation is 2.